The maximum absolute atomic E-state index is 12.4. The van der Waals surface area contributed by atoms with Crippen LogP contribution >= 0.6 is 11.6 Å². The van der Waals surface area contributed by atoms with Crippen molar-refractivity contribution in [1.82, 2.24) is 0 Å². The molecule has 0 aliphatic heterocycles. The highest BCUT2D eigenvalue weighted by Gasteiger charge is 2.27. The standard InChI is InChI=1S/C16H12ClF2NO6/c1-24-13-6-10(12(20(22)23)7-14(13)26-16(18)19)15(21)25-8-9-4-2-3-5-11(9)17/h2-7,16H,8H2,1H3. The number of rotatable bonds is 7. The molecule has 0 unspecified atom stereocenters. The Balaban J connectivity index is 2.32. The van der Waals surface area contributed by atoms with Gasteiger partial charge in [-0.2, -0.15) is 8.78 Å². The van der Waals surface area contributed by atoms with E-state index in [2.05, 4.69) is 4.74 Å². The zero-order valence-corrected chi connectivity index (χ0v) is 14.0. The summed E-state index contributed by atoms with van der Waals surface area (Å²) in [5.41, 5.74) is -0.735. The predicted octanol–water partition coefficient (Wildman–Crippen LogP) is 4.22. The lowest BCUT2D eigenvalue weighted by Gasteiger charge is -2.12. The molecule has 26 heavy (non-hydrogen) atoms. The molecule has 0 aliphatic carbocycles. The van der Waals surface area contributed by atoms with Gasteiger partial charge in [0.2, 0.25) is 0 Å². The van der Waals surface area contributed by atoms with Crippen LogP contribution in [0.3, 0.4) is 0 Å². The van der Waals surface area contributed by atoms with E-state index >= 15 is 0 Å². The minimum Gasteiger partial charge on any atom is -0.493 e. The zero-order valence-electron chi connectivity index (χ0n) is 13.3. The fourth-order valence-electron chi connectivity index (χ4n) is 2.05. The second-order valence-electron chi connectivity index (χ2n) is 4.82. The van der Waals surface area contributed by atoms with Gasteiger partial charge in [-0.25, -0.2) is 4.79 Å². The van der Waals surface area contributed by atoms with E-state index in [1.54, 1.807) is 24.3 Å². The van der Waals surface area contributed by atoms with Crippen molar-refractivity contribution in [2.24, 2.45) is 0 Å². The molecule has 7 nitrogen and oxygen atoms in total. The Kier molecular flexibility index (Phi) is 6.29. The molecule has 0 N–H and O–H groups in total. The topological polar surface area (TPSA) is 87.9 Å². The summed E-state index contributed by atoms with van der Waals surface area (Å²) in [7, 11) is 1.14. The smallest absolute Gasteiger partial charge is 0.387 e. The lowest BCUT2D eigenvalue weighted by Crippen LogP contribution is -2.11. The Morgan fingerprint density at radius 2 is 1.96 bits per heavy atom. The van der Waals surface area contributed by atoms with E-state index < -0.39 is 34.5 Å². The number of nitrogens with zero attached hydrogens (tertiary/aromatic N) is 1. The number of hydrogen-bond donors (Lipinski definition) is 0. The molecule has 0 heterocycles. The largest absolute Gasteiger partial charge is 0.493 e. The highest BCUT2D eigenvalue weighted by atomic mass is 35.5. The van der Waals surface area contributed by atoms with Gasteiger partial charge in [0.15, 0.2) is 11.5 Å². The van der Waals surface area contributed by atoms with Crippen LogP contribution in [-0.4, -0.2) is 24.6 Å². The Hall–Kier alpha value is -2.94. The minimum atomic E-state index is -3.22. The average Bonchev–Trinajstić information content (AvgIpc) is 2.59. The molecule has 10 heteroatoms. The molecule has 0 saturated heterocycles. The van der Waals surface area contributed by atoms with Crippen molar-refractivity contribution in [3.63, 3.8) is 0 Å². The lowest BCUT2D eigenvalue weighted by molar-refractivity contribution is -0.385. The van der Waals surface area contributed by atoms with Crippen molar-refractivity contribution in [2.45, 2.75) is 13.2 Å². The summed E-state index contributed by atoms with van der Waals surface area (Å²) in [4.78, 5) is 22.5. The van der Waals surface area contributed by atoms with Gasteiger partial charge in [0.1, 0.15) is 12.2 Å². The Morgan fingerprint density at radius 1 is 1.27 bits per heavy atom. The fraction of sp³-hybridized carbons (Fsp3) is 0.188. The molecule has 0 atom stereocenters. The third-order valence-electron chi connectivity index (χ3n) is 3.23. The van der Waals surface area contributed by atoms with Crippen molar-refractivity contribution < 1.29 is 32.7 Å². The zero-order chi connectivity index (χ0) is 19.3. The van der Waals surface area contributed by atoms with Crippen LogP contribution in [0.25, 0.3) is 0 Å². The van der Waals surface area contributed by atoms with Crippen LogP contribution < -0.4 is 9.47 Å². The molecular weight excluding hydrogens is 376 g/mol. The number of halogens is 3. The summed E-state index contributed by atoms with van der Waals surface area (Å²) in [5.74, 6) is -1.89. The van der Waals surface area contributed by atoms with Crippen LogP contribution in [0.15, 0.2) is 36.4 Å². The summed E-state index contributed by atoms with van der Waals surface area (Å²) >= 11 is 5.95. The Morgan fingerprint density at radius 3 is 2.54 bits per heavy atom. The molecule has 138 valence electrons. The van der Waals surface area contributed by atoms with E-state index in [-0.39, 0.29) is 12.4 Å². The summed E-state index contributed by atoms with van der Waals surface area (Å²) in [6.07, 6.45) is 0. The van der Waals surface area contributed by atoms with E-state index in [1.807, 2.05) is 0 Å². The molecule has 2 rings (SSSR count). The maximum atomic E-state index is 12.4. The Bertz CT molecular complexity index is 830. The van der Waals surface area contributed by atoms with Crippen LogP contribution in [-0.2, 0) is 11.3 Å². The number of hydrogen-bond acceptors (Lipinski definition) is 6. The van der Waals surface area contributed by atoms with Gasteiger partial charge in [-0.05, 0) is 6.07 Å². The lowest BCUT2D eigenvalue weighted by atomic mass is 10.1. The third-order valence-corrected chi connectivity index (χ3v) is 3.60. The van der Waals surface area contributed by atoms with Crippen LogP contribution in [0.2, 0.25) is 5.02 Å². The molecule has 0 aliphatic rings. The number of ether oxygens (including phenoxy) is 3. The first kappa shape index (κ1) is 19.4. The first-order valence-electron chi connectivity index (χ1n) is 7.05. The third kappa shape index (κ3) is 4.57. The van der Waals surface area contributed by atoms with E-state index in [1.165, 1.54) is 0 Å². The first-order chi connectivity index (χ1) is 12.3. The molecule has 2 aromatic carbocycles. The monoisotopic (exact) mass is 387 g/mol. The van der Waals surface area contributed by atoms with Crippen LogP contribution in [0, 0.1) is 10.1 Å². The SMILES string of the molecule is COc1cc(C(=O)OCc2ccccc2Cl)c([N+](=O)[O-])cc1OC(F)F. The van der Waals surface area contributed by atoms with Crippen molar-refractivity contribution in [3.05, 3.63) is 62.7 Å². The molecule has 0 saturated carbocycles. The number of benzene rings is 2. The number of nitro benzene ring substituents is 1. The molecule has 0 radical (unpaired) electrons. The molecule has 0 spiro atoms. The highest BCUT2D eigenvalue weighted by molar-refractivity contribution is 6.31. The van der Waals surface area contributed by atoms with Gasteiger partial charge in [-0.3, -0.25) is 10.1 Å². The predicted molar refractivity (Wildman–Crippen MR) is 86.9 cm³/mol. The number of alkyl halides is 2. The number of carbonyl (C=O) groups excluding carboxylic acids is 1. The van der Waals surface area contributed by atoms with Crippen LogP contribution in [0.4, 0.5) is 14.5 Å². The second kappa shape index (κ2) is 8.43. The second-order valence-corrected chi connectivity index (χ2v) is 5.23. The number of esters is 1. The van der Waals surface area contributed by atoms with E-state index in [9.17, 15) is 23.7 Å². The molecule has 0 bridgehead atoms. The van der Waals surface area contributed by atoms with E-state index in [4.69, 9.17) is 21.1 Å². The first-order valence-corrected chi connectivity index (χ1v) is 7.43. The number of nitro groups is 1. The van der Waals surface area contributed by atoms with E-state index in [0.717, 1.165) is 13.2 Å². The maximum Gasteiger partial charge on any atom is 0.387 e. The van der Waals surface area contributed by atoms with Gasteiger partial charge < -0.3 is 14.2 Å². The van der Waals surface area contributed by atoms with Crippen molar-refractivity contribution in [2.75, 3.05) is 7.11 Å². The van der Waals surface area contributed by atoms with Gasteiger partial charge in [0, 0.05) is 16.7 Å². The van der Waals surface area contributed by atoms with Gasteiger partial charge in [0.25, 0.3) is 5.69 Å². The van der Waals surface area contributed by atoms with Gasteiger partial charge in [-0.15, -0.1) is 0 Å². The number of methoxy groups -OCH3 is 1. The van der Waals surface area contributed by atoms with Crippen LogP contribution in [0.1, 0.15) is 15.9 Å². The van der Waals surface area contributed by atoms with Gasteiger partial charge >= 0.3 is 12.6 Å². The average molecular weight is 388 g/mol. The van der Waals surface area contributed by atoms with Gasteiger partial charge in [-0.1, -0.05) is 29.8 Å². The normalized spacial score (nSPS) is 10.5. The molecule has 0 aromatic heterocycles. The van der Waals surface area contributed by atoms with Crippen molar-refractivity contribution >= 4 is 23.3 Å². The molecule has 2 aromatic rings. The van der Waals surface area contributed by atoms with Crippen molar-refractivity contribution in [3.8, 4) is 11.5 Å². The molecular formula is C16H12ClF2NO6. The fourth-order valence-corrected chi connectivity index (χ4v) is 2.24. The summed E-state index contributed by atoms with van der Waals surface area (Å²) in [5, 5.41) is 11.5. The summed E-state index contributed by atoms with van der Waals surface area (Å²) < 4.78 is 38.9. The quantitative estimate of drug-likeness (QED) is 0.401. The van der Waals surface area contributed by atoms with Crippen LogP contribution in [0.5, 0.6) is 11.5 Å². The Labute approximate surface area is 151 Å². The summed E-state index contributed by atoms with van der Waals surface area (Å²) in [6, 6.07) is 8.15. The highest BCUT2D eigenvalue weighted by Crippen LogP contribution is 2.36. The van der Waals surface area contributed by atoms with Gasteiger partial charge in [0.05, 0.1) is 18.1 Å². The summed E-state index contributed by atoms with van der Waals surface area (Å²) in [6.45, 7) is -3.45. The molecule has 0 fully saturated rings. The molecule has 0 amide bonds. The van der Waals surface area contributed by atoms with Crippen molar-refractivity contribution in [1.29, 1.82) is 0 Å². The minimum absolute atomic E-state index is 0.229. The number of carbonyl (C=O) groups is 1. The van der Waals surface area contributed by atoms with E-state index in [0.29, 0.717) is 16.7 Å².